The minimum atomic E-state index is -3.17. The summed E-state index contributed by atoms with van der Waals surface area (Å²) in [5.74, 6) is -7.43. The number of alkyl halides is 4. The summed E-state index contributed by atoms with van der Waals surface area (Å²) in [6.07, 6.45) is 5.58. The van der Waals surface area contributed by atoms with Crippen LogP contribution in [0, 0.1) is 17.8 Å². The fraction of sp³-hybridized carbons (Fsp3) is 0.571. The first kappa shape index (κ1) is 42.9. The molecule has 6 heterocycles. The molecule has 4 aliphatic heterocycles. The number of fused-ring (bicyclic) bond motifs is 2. The number of ether oxygens (including phenoxy) is 3. The average Bonchev–Trinajstić information content (AvgIpc) is 4.08. The zero-order valence-corrected chi connectivity index (χ0v) is 35.2. The fourth-order valence-electron chi connectivity index (χ4n) is 9.69. The van der Waals surface area contributed by atoms with Gasteiger partial charge in [0.1, 0.15) is 35.6 Å². The van der Waals surface area contributed by atoms with Crippen LogP contribution in [0.3, 0.4) is 0 Å². The lowest BCUT2D eigenvalue weighted by Crippen LogP contribution is -2.52. The second kappa shape index (κ2) is 16.1. The van der Waals surface area contributed by atoms with Gasteiger partial charge >= 0.3 is 12.2 Å². The van der Waals surface area contributed by atoms with Gasteiger partial charge in [-0.25, -0.2) is 37.1 Å². The molecular formula is C42H51F4N9O7. The molecule has 334 valence electrons. The highest BCUT2D eigenvalue weighted by molar-refractivity contribution is 5.87. The van der Waals surface area contributed by atoms with Crippen molar-refractivity contribution >= 4 is 29.7 Å². The topological polar surface area (TPSA) is 187 Å². The molecule has 2 unspecified atom stereocenters. The number of alkyl carbamates (subject to hydrolysis) is 2. The van der Waals surface area contributed by atoms with Gasteiger partial charge in [0.05, 0.1) is 63.0 Å². The number of anilines is 1. The molecule has 1 aromatic carbocycles. The van der Waals surface area contributed by atoms with E-state index in [9.17, 15) is 36.7 Å². The Labute approximate surface area is 355 Å². The normalized spacial score (nSPS) is 26.5. The number of hydrogen-bond acceptors (Lipinski definition) is 10. The van der Waals surface area contributed by atoms with Crippen molar-refractivity contribution in [1.82, 2.24) is 40.4 Å². The number of aromatic nitrogens is 4. The number of methoxy groups -OCH3 is 2. The Bertz CT molecular complexity index is 2250. The van der Waals surface area contributed by atoms with E-state index >= 15 is 0 Å². The molecule has 0 bridgehead atoms. The smallest absolute Gasteiger partial charge is 0.407 e. The fourth-order valence-corrected chi connectivity index (χ4v) is 9.69. The van der Waals surface area contributed by atoms with Crippen molar-refractivity contribution in [2.24, 2.45) is 17.8 Å². The molecule has 62 heavy (non-hydrogen) atoms. The third kappa shape index (κ3) is 7.91. The minimum Gasteiger partial charge on any atom is -0.486 e. The van der Waals surface area contributed by atoms with Crippen LogP contribution >= 0.6 is 0 Å². The number of carbonyl (C=O) groups excluding carboxylic acids is 4. The molecule has 1 saturated carbocycles. The van der Waals surface area contributed by atoms with Crippen LogP contribution in [0.1, 0.15) is 88.7 Å². The molecule has 0 radical (unpaired) electrons. The molecule has 4 N–H and O–H groups in total. The van der Waals surface area contributed by atoms with Gasteiger partial charge in [0.2, 0.25) is 11.8 Å². The summed E-state index contributed by atoms with van der Waals surface area (Å²) in [5.41, 5.74) is 2.83. The van der Waals surface area contributed by atoms with Crippen LogP contribution in [0.2, 0.25) is 0 Å². The lowest BCUT2D eigenvalue weighted by atomic mass is 9.73. The Morgan fingerprint density at radius 3 is 1.95 bits per heavy atom. The van der Waals surface area contributed by atoms with E-state index < -0.39 is 97.8 Å². The number of hydrogen-bond donors (Lipinski definition) is 4. The van der Waals surface area contributed by atoms with Crippen molar-refractivity contribution < 1.29 is 51.0 Å². The van der Waals surface area contributed by atoms with Crippen LogP contribution < -0.4 is 20.3 Å². The van der Waals surface area contributed by atoms with E-state index in [-0.39, 0.29) is 35.6 Å². The summed E-state index contributed by atoms with van der Waals surface area (Å²) in [4.78, 5) is 71.1. The van der Waals surface area contributed by atoms with Gasteiger partial charge in [0, 0.05) is 48.3 Å². The van der Waals surface area contributed by atoms with E-state index in [2.05, 4.69) is 51.0 Å². The molecule has 1 aliphatic carbocycles. The van der Waals surface area contributed by atoms with Crippen molar-refractivity contribution in [2.75, 3.05) is 32.2 Å². The zero-order valence-electron chi connectivity index (χ0n) is 35.2. The van der Waals surface area contributed by atoms with E-state index in [0.717, 1.165) is 28.3 Å². The summed E-state index contributed by atoms with van der Waals surface area (Å²) in [7, 11) is 2.32. The maximum Gasteiger partial charge on any atom is 0.407 e. The third-order valence-corrected chi connectivity index (χ3v) is 12.7. The highest BCUT2D eigenvalue weighted by Gasteiger charge is 2.53. The van der Waals surface area contributed by atoms with Crippen LogP contribution in [-0.4, -0.2) is 117 Å². The number of H-pyrrole nitrogens is 2. The Morgan fingerprint density at radius 1 is 0.823 bits per heavy atom. The van der Waals surface area contributed by atoms with Crippen LogP contribution in [0.25, 0.3) is 11.3 Å². The van der Waals surface area contributed by atoms with Gasteiger partial charge < -0.3 is 49.5 Å². The zero-order chi connectivity index (χ0) is 44.4. The molecule has 8 atom stereocenters. The Morgan fingerprint density at radius 2 is 1.39 bits per heavy atom. The first-order valence-corrected chi connectivity index (χ1v) is 20.8. The number of nitrogens with one attached hydrogen (secondary N) is 4. The van der Waals surface area contributed by atoms with Gasteiger partial charge in [0.15, 0.2) is 0 Å². The largest absolute Gasteiger partial charge is 0.486 e. The van der Waals surface area contributed by atoms with E-state index in [1.807, 2.05) is 24.4 Å². The van der Waals surface area contributed by atoms with Crippen molar-refractivity contribution in [3.05, 3.63) is 60.2 Å². The van der Waals surface area contributed by atoms with Gasteiger partial charge in [-0.3, -0.25) is 9.59 Å². The van der Waals surface area contributed by atoms with Gasteiger partial charge in [-0.05, 0) is 36.8 Å². The molecule has 0 spiro atoms. The average molecular weight is 870 g/mol. The lowest BCUT2D eigenvalue weighted by Gasteiger charge is -2.46. The second-order valence-electron chi connectivity index (χ2n) is 17.5. The molecule has 3 aromatic rings. The Hall–Kier alpha value is -5.82. The number of imidazole rings is 2. The van der Waals surface area contributed by atoms with Crippen LogP contribution in [0.15, 0.2) is 42.9 Å². The SMILES string of the molecule is COC(=O)N[C@H](C(=O)N1CC(F)(F)C[C@H]1c1ncc(-c2ccc3c(c2)O[C@@H]2CC[C@H](c4cnc([C@@H]5CC(F)(F)CN5C(=O)[C@@H](NC(=O)OC)C(C)C)[nH]4)C4C=CN3C42)[nH]1)C(C)C. The molecule has 2 aromatic heterocycles. The number of rotatable bonds is 10. The maximum atomic E-state index is 15.0. The van der Waals surface area contributed by atoms with Crippen molar-refractivity contribution in [1.29, 1.82) is 0 Å². The molecular weight excluding hydrogens is 819 g/mol. The summed E-state index contributed by atoms with van der Waals surface area (Å²) < 4.78 is 75.8. The Balaban J connectivity index is 0.982. The van der Waals surface area contributed by atoms with Crippen LogP contribution in [-0.2, 0) is 19.1 Å². The van der Waals surface area contributed by atoms with Crippen molar-refractivity contribution in [3.63, 3.8) is 0 Å². The number of nitrogens with zero attached hydrogens (tertiary/aromatic N) is 5. The molecule has 4 amide bonds. The number of benzene rings is 1. The van der Waals surface area contributed by atoms with E-state index in [1.165, 1.54) is 13.3 Å². The molecule has 3 fully saturated rings. The monoisotopic (exact) mass is 869 g/mol. The molecule has 8 rings (SSSR count). The molecule has 16 nitrogen and oxygen atoms in total. The standard InChI is InChI=1S/C42H51F4N9O7/c1-20(2)32(51-39(58)60-5)37(56)54-18-41(43,44)14-28(54)35-47-16-25(49-35)22-7-9-27-31(13-22)62-30-10-8-23(24-11-12-53(27)34(24)30)26-17-48-36(50-26)29-15-42(45,46)19-55(29)38(57)33(21(3)4)52-40(59)61-6/h7,9,11-13,16-17,20-21,23-24,28-30,32-34H,8,10,14-15,18-19H2,1-6H3,(H,47,49)(H,48,50)(H,51,58)(H,52,59)/t23-,24?,28-,29-,30+,32-,33-,34?/m0/s1. The lowest BCUT2D eigenvalue weighted by molar-refractivity contribution is -0.137. The van der Waals surface area contributed by atoms with Gasteiger partial charge in [-0.15, -0.1) is 0 Å². The number of aromatic amines is 2. The van der Waals surface area contributed by atoms with Crippen LogP contribution in [0.4, 0.5) is 32.8 Å². The highest BCUT2D eigenvalue weighted by atomic mass is 19.3. The number of amides is 4. The molecule has 20 heteroatoms. The summed E-state index contributed by atoms with van der Waals surface area (Å²) >= 11 is 0. The molecule has 5 aliphatic rings. The van der Waals surface area contributed by atoms with Crippen LogP contribution in [0.5, 0.6) is 5.75 Å². The predicted octanol–water partition coefficient (Wildman–Crippen LogP) is 6.04. The minimum absolute atomic E-state index is 0.0179. The Kier molecular flexibility index (Phi) is 11.2. The third-order valence-electron chi connectivity index (χ3n) is 12.7. The highest BCUT2D eigenvalue weighted by Crippen LogP contribution is 2.52. The maximum absolute atomic E-state index is 15.0. The molecule has 2 saturated heterocycles. The summed E-state index contributed by atoms with van der Waals surface area (Å²) in [6.45, 7) is 5.20. The summed E-state index contributed by atoms with van der Waals surface area (Å²) in [6, 6.07) is 1.34. The van der Waals surface area contributed by atoms with Crippen molar-refractivity contribution in [2.45, 2.75) is 107 Å². The number of halogens is 4. The number of carbonyl (C=O) groups is 4. The van der Waals surface area contributed by atoms with E-state index in [1.54, 1.807) is 33.9 Å². The first-order valence-electron chi connectivity index (χ1n) is 20.8. The van der Waals surface area contributed by atoms with Gasteiger partial charge in [-0.1, -0.05) is 39.8 Å². The van der Waals surface area contributed by atoms with E-state index in [4.69, 9.17) is 4.74 Å². The number of likely N-dealkylation sites (tertiary alicyclic amines) is 2. The quantitative estimate of drug-likeness (QED) is 0.175. The van der Waals surface area contributed by atoms with E-state index in [0.29, 0.717) is 29.8 Å². The summed E-state index contributed by atoms with van der Waals surface area (Å²) in [5, 5.41) is 4.96. The van der Waals surface area contributed by atoms with Gasteiger partial charge in [-0.2, -0.15) is 0 Å². The van der Waals surface area contributed by atoms with Gasteiger partial charge in [0.25, 0.3) is 11.8 Å². The second-order valence-corrected chi connectivity index (χ2v) is 17.5. The van der Waals surface area contributed by atoms with Crippen molar-refractivity contribution in [3.8, 4) is 17.0 Å². The predicted molar refractivity (Wildman–Crippen MR) is 214 cm³/mol. The first-order chi connectivity index (χ1) is 29.4.